The van der Waals surface area contributed by atoms with Crippen LogP contribution in [0.4, 0.5) is 26.3 Å². The number of alkyl halides is 6. The molecular weight excluding hydrogens is 432 g/mol. The van der Waals surface area contributed by atoms with Crippen LogP contribution in [-0.4, -0.2) is 30.6 Å². The lowest BCUT2D eigenvalue weighted by Gasteiger charge is -2.25. The van der Waals surface area contributed by atoms with Crippen LogP contribution in [0.1, 0.15) is 37.3 Å². The third-order valence-corrected chi connectivity index (χ3v) is 4.64. The Morgan fingerprint density at radius 2 is 1.97 bits per heavy atom. The Kier molecular flexibility index (Phi) is 7.06. The molecule has 168 valence electrons. The van der Waals surface area contributed by atoms with E-state index in [0.29, 0.717) is 12.5 Å². The average molecular weight is 449 g/mol. The highest BCUT2D eigenvalue weighted by Crippen LogP contribution is 2.37. The number of carbonyl (C=O) groups excluding carboxylic acids is 1. The third kappa shape index (κ3) is 6.49. The summed E-state index contributed by atoms with van der Waals surface area (Å²) in [4.78, 5) is 15.6. The van der Waals surface area contributed by atoms with Crippen molar-refractivity contribution in [3.8, 4) is 11.8 Å². The molecule has 1 aliphatic carbocycles. The fourth-order valence-electron chi connectivity index (χ4n) is 3.16. The summed E-state index contributed by atoms with van der Waals surface area (Å²) in [5.74, 6) is -2.78. The summed E-state index contributed by atoms with van der Waals surface area (Å²) in [5.41, 5.74) is -3.16. The molecule has 0 spiro atoms. The molecule has 1 N–H and O–H groups in total. The number of rotatable bonds is 6. The maximum atomic E-state index is 13.2. The van der Waals surface area contributed by atoms with Gasteiger partial charge in [0.2, 0.25) is 5.91 Å². The summed E-state index contributed by atoms with van der Waals surface area (Å²) < 4.78 is 86.2. The molecule has 3 atom stereocenters. The van der Waals surface area contributed by atoms with Crippen LogP contribution >= 0.6 is 0 Å². The topological polar surface area (TPSA) is 75.7 Å². The average Bonchev–Trinajstić information content (AvgIpc) is 3.11. The van der Waals surface area contributed by atoms with E-state index in [4.69, 9.17) is 16.6 Å². The molecule has 1 aliphatic rings. The Labute approximate surface area is 173 Å². The first-order chi connectivity index (χ1) is 14.3. The Morgan fingerprint density at radius 3 is 2.52 bits per heavy atom. The normalized spacial score (nSPS) is 20.9. The second kappa shape index (κ2) is 9.02. The van der Waals surface area contributed by atoms with Gasteiger partial charge in [0, 0.05) is 6.92 Å². The summed E-state index contributed by atoms with van der Waals surface area (Å²) in [5, 5.41) is 11.1. The number of ether oxygens (including phenoxy) is 2. The van der Waals surface area contributed by atoms with Crippen molar-refractivity contribution in [3.63, 3.8) is 0 Å². The summed E-state index contributed by atoms with van der Waals surface area (Å²) in [7, 11) is 0. The molecule has 6 nitrogen and oxygen atoms in total. The van der Waals surface area contributed by atoms with E-state index < -0.39 is 54.1 Å². The number of nitrogens with one attached hydrogen (secondary N) is 1. The SMILES string of the molecule is [C-]#[N+]C(C)(COc1cc(C#N)ccc1C(F)(F)F)NC(=O)C1CCCC1OC(F)(F)F. The maximum absolute atomic E-state index is 13.2. The number of nitriles is 1. The number of hydrogen-bond acceptors (Lipinski definition) is 4. The molecule has 0 bridgehead atoms. The molecule has 0 aromatic heterocycles. The predicted molar refractivity (Wildman–Crippen MR) is 93.1 cm³/mol. The highest BCUT2D eigenvalue weighted by Gasteiger charge is 2.45. The molecule has 0 radical (unpaired) electrons. The van der Waals surface area contributed by atoms with Gasteiger partial charge in [-0.25, -0.2) is 6.57 Å². The van der Waals surface area contributed by atoms with Gasteiger partial charge in [-0.1, -0.05) is 0 Å². The lowest BCUT2D eigenvalue weighted by Crippen LogP contribution is -2.51. The van der Waals surface area contributed by atoms with E-state index in [1.807, 2.05) is 0 Å². The molecule has 0 saturated heterocycles. The van der Waals surface area contributed by atoms with Crippen molar-refractivity contribution in [2.24, 2.45) is 5.92 Å². The summed E-state index contributed by atoms with van der Waals surface area (Å²) in [6, 6.07) is 4.12. The minimum atomic E-state index is -4.93. The second-order valence-electron chi connectivity index (χ2n) is 7.12. The molecule has 12 heteroatoms. The van der Waals surface area contributed by atoms with E-state index in [-0.39, 0.29) is 18.4 Å². The molecule has 1 fully saturated rings. The molecule has 1 saturated carbocycles. The van der Waals surface area contributed by atoms with E-state index in [9.17, 15) is 31.1 Å². The first-order valence-electron chi connectivity index (χ1n) is 8.97. The predicted octanol–water partition coefficient (Wildman–Crippen LogP) is 4.41. The van der Waals surface area contributed by atoms with Crippen molar-refractivity contribution in [2.75, 3.05) is 6.61 Å². The highest BCUT2D eigenvalue weighted by molar-refractivity contribution is 5.80. The zero-order valence-electron chi connectivity index (χ0n) is 16.1. The van der Waals surface area contributed by atoms with Crippen LogP contribution in [0.15, 0.2) is 18.2 Å². The molecule has 2 rings (SSSR count). The molecule has 1 aromatic rings. The number of carbonyl (C=O) groups is 1. The van der Waals surface area contributed by atoms with Gasteiger partial charge in [0.1, 0.15) is 5.75 Å². The van der Waals surface area contributed by atoms with Crippen molar-refractivity contribution < 1.29 is 40.6 Å². The van der Waals surface area contributed by atoms with Crippen molar-refractivity contribution in [2.45, 2.75) is 50.5 Å². The van der Waals surface area contributed by atoms with E-state index in [2.05, 4.69) is 14.9 Å². The van der Waals surface area contributed by atoms with Gasteiger partial charge in [-0.05, 0) is 37.5 Å². The van der Waals surface area contributed by atoms with Gasteiger partial charge in [-0.15, -0.1) is 13.2 Å². The summed E-state index contributed by atoms with van der Waals surface area (Å²) in [6.45, 7) is 7.70. The van der Waals surface area contributed by atoms with Crippen LogP contribution < -0.4 is 10.1 Å². The minimum absolute atomic E-state index is 0.00127. The lowest BCUT2D eigenvalue weighted by atomic mass is 10.0. The highest BCUT2D eigenvalue weighted by atomic mass is 19.4. The van der Waals surface area contributed by atoms with E-state index in [1.165, 1.54) is 0 Å². The van der Waals surface area contributed by atoms with Gasteiger partial charge in [0.25, 0.3) is 0 Å². The van der Waals surface area contributed by atoms with Crippen molar-refractivity contribution in [1.82, 2.24) is 5.32 Å². The number of hydrogen-bond donors (Lipinski definition) is 1. The fraction of sp³-hybridized carbons (Fsp3) is 0.526. The third-order valence-electron chi connectivity index (χ3n) is 4.64. The monoisotopic (exact) mass is 449 g/mol. The van der Waals surface area contributed by atoms with Gasteiger partial charge < -0.3 is 4.74 Å². The van der Waals surface area contributed by atoms with Gasteiger partial charge >= 0.3 is 18.2 Å². The Balaban J connectivity index is 2.15. The summed E-state index contributed by atoms with van der Waals surface area (Å²) >= 11 is 0. The van der Waals surface area contributed by atoms with Crippen LogP contribution in [0.5, 0.6) is 5.75 Å². The van der Waals surface area contributed by atoms with Crippen LogP contribution in [0.3, 0.4) is 0 Å². The second-order valence-corrected chi connectivity index (χ2v) is 7.12. The number of nitrogens with zero attached hydrogens (tertiary/aromatic N) is 2. The summed E-state index contributed by atoms with van der Waals surface area (Å²) in [6.07, 6.45) is -10.7. The molecule has 31 heavy (non-hydrogen) atoms. The number of benzene rings is 1. The van der Waals surface area contributed by atoms with Crippen molar-refractivity contribution >= 4 is 5.91 Å². The van der Waals surface area contributed by atoms with Crippen LogP contribution in [0, 0.1) is 23.8 Å². The molecule has 0 aliphatic heterocycles. The molecule has 0 heterocycles. The van der Waals surface area contributed by atoms with Crippen molar-refractivity contribution in [1.29, 1.82) is 5.26 Å². The lowest BCUT2D eigenvalue weighted by molar-refractivity contribution is -0.344. The Morgan fingerprint density at radius 1 is 1.29 bits per heavy atom. The molecule has 3 unspecified atom stereocenters. The molecule has 1 amide bonds. The zero-order chi connectivity index (χ0) is 23.4. The molecular formula is C19H17F6N3O3. The largest absolute Gasteiger partial charge is 0.522 e. The van der Waals surface area contributed by atoms with Crippen molar-refractivity contribution in [3.05, 3.63) is 40.7 Å². The van der Waals surface area contributed by atoms with Gasteiger partial charge in [0.05, 0.1) is 29.2 Å². The van der Waals surface area contributed by atoms with Crippen LogP contribution in [0.25, 0.3) is 4.85 Å². The van der Waals surface area contributed by atoms with E-state index in [1.54, 1.807) is 6.07 Å². The van der Waals surface area contributed by atoms with E-state index >= 15 is 0 Å². The fourth-order valence-corrected chi connectivity index (χ4v) is 3.16. The number of amides is 1. The minimum Gasteiger partial charge on any atom is -0.482 e. The standard InChI is InChI=1S/C19H17F6N3O3/c1-17(27-2,28-16(29)12-4-3-5-14(12)31-19(23,24)25)10-30-15-8-11(9-26)6-7-13(15)18(20,21)22/h6-8,12,14H,3-5,10H2,1H3,(H,28,29). The number of halogens is 6. The smallest absolute Gasteiger partial charge is 0.482 e. The van der Waals surface area contributed by atoms with Crippen LogP contribution in [0.2, 0.25) is 0 Å². The van der Waals surface area contributed by atoms with Crippen LogP contribution in [-0.2, 0) is 15.7 Å². The van der Waals surface area contributed by atoms with Gasteiger partial charge in [0.15, 0.2) is 6.61 Å². The zero-order valence-corrected chi connectivity index (χ0v) is 16.1. The molecule has 1 aromatic carbocycles. The van der Waals surface area contributed by atoms with Gasteiger partial charge in [-0.3, -0.25) is 19.7 Å². The maximum Gasteiger partial charge on any atom is 0.522 e. The Hall–Kier alpha value is -2.99. The quantitative estimate of drug-likeness (QED) is 0.516. The van der Waals surface area contributed by atoms with Gasteiger partial charge in [-0.2, -0.15) is 18.4 Å². The Bertz CT molecular complexity index is 903. The van der Waals surface area contributed by atoms with E-state index in [0.717, 1.165) is 19.1 Å². The first kappa shape index (κ1) is 24.3. The first-order valence-corrected chi connectivity index (χ1v) is 8.97.